The molecule has 0 heterocycles. The van der Waals surface area contributed by atoms with Gasteiger partial charge in [-0.05, 0) is 26.2 Å². The number of aliphatic carboxylic acids is 1. The van der Waals surface area contributed by atoms with Gasteiger partial charge in [0.25, 0.3) is 0 Å². The minimum Gasteiger partial charge on any atom is -0.481 e. The highest BCUT2D eigenvalue weighted by Crippen LogP contribution is 2.14. The van der Waals surface area contributed by atoms with E-state index in [1.807, 2.05) is 6.92 Å². The number of carboxylic acid groups (broad SMARTS) is 1. The molecule has 0 radical (unpaired) electrons. The summed E-state index contributed by atoms with van der Waals surface area (Å²) in [6.07, 6.45) is 0.310. The summed E-state index contributed by atoms with van der Waals surface area (Å²) in [6, 6.07) is 0. The van der Waals surface area contributed by atoms with Crippen molar-refractivity contribution in [3.63, 3.8) is 0 Å². The van der Waals surface area contributed by atoms with Gasteiger partial charge in [0.15, 0.2) is 0 Å². The molecule has 0 aromatic carbocycles. The molecule has 2 unspecified atom stereocenters. The van der Waals surface area contributed by atoms with Crippen LogP contribution in [0.1, 0.15) is 33.6 Å². The first-order valence-corrected chi connectivity index (χ1v) is 4.93. The van der Waals surface area contributed by atoms with Crippen molar-refractivity contribution in [1.29, 1.82) is 0 Å². The molecule has 0 saturated heterocycles. The lowest BCUT2D eigenvalue weighted by Crippen LogP contribution is -2.23. The third-order valence-electron chi connectivity index (χ3n) is 2.26. The molecule has 4 N–H and O–H groups in total. The SMILES string of the molecule is C=C(C)C(=O)OC(C)C(C)CCC(=O)O.N. The van der Waals surface area contributed by atoms with Crippen LogP contribution in [0.4, 0.5) is 0 Å². The summed E-state index contributed by atoms with van der Waals surface area (Å²) in [5.74, 6) is -1.23. The van der Waals surface area contributed by atoms with Gasteiger partial charge in [-0.15, -0.1) is 0 Å². The topological polar surface area (TPSA) is 98.6 Å². The quantitative estimate of drug-likeness (QED) is 0.539. The third-order valence-corrected chi connectivity index (χ3v) is 2.26. The number of carboxylic acids is 1. The number of hydrogen-bond donors (Lipinski definition) is 2. The molecule has 0 amide bonds. The zero-order chi connectivity index (χ0) is 12.0. The van der Waals surface area contributed by atoms with Gasteiger partial charge in [0.05, 0.1) is 0 Å². The summed E-state index contributed by atoms with van der Waals surface area (Å²) < 4.78 is 5.07. The highest BCUT2D eigenvalue weighted by Gasteiger charge is 2.17. The predicted molar refractivity (Wildman–Crippen MR) is 61.4 cm³/mol. The molecular weight excluding hydrogens is 210 g/mol. The number of carbonyl (C=O) groups excluding carboxylic acids is 1. The Bertz CT molecular complexity index is 263. The van der Waals surface area contributed by atoms with E-state index in [1.54, 1.807) is 13.8 Å². The molecule has 0 aliphatic carbocycles. The minimum atomic E-state index is -0.833. The lowest BCUT2D eigenvalue weighted by Gasteiger charge is -2.19. The molecule has 5 heteroatoms. The number of ether oxygens (including phenoxy) is 1. The second-order valence-electron chi connectivity index (χ2n) is 3.80. The van der Waals surface area contributed by atoms with Crippen LogP contribution in [0, 0.1) is 5.92 Å². The molecule has 0 fully saturated rings. The summed E-state index contributed by atoms with van der Waals surface area (Å²) in [5.41, 5.74) is 0.354. The van der Waals surface area contributed by atoms with Crippen LogP contribution >= 0.6 is 0 Å². The summed E-state index contributed by atoms with van der Waals surface area (Å²) in [6.45, 7) is 8.67. The Morgan fingerprint density at radius 2 is 1.88 bits per heavy atom. The third kappa shape index (κ3) is 7.00. The predicted octanol–water partition coefficient (Wildman–Crippen LogP) is 2.16. The number of esters is 1. The fraction of sp³-hybridized carbons (Fsp3) is 0.636. The maximum absolute atomic E-state index is 11.2. The van der Waals surface area contributed by atoms with Crippen molar-refractivity contribution in [2.45, 2.75) is 39.7 Å². The Kier molecular flexibility index (Phi) is 8.39. The first-order chi connectivity index (χ1) is 6.84. The van der Waals surface area contributed by atoms with Crippen molar-refractivity contribution in [1.82, 2.24) is 6.15 Å². The second-order valence-corrected chi connectivity index (χ2v) is 3.80. The molecule has 0 saturated carbocycles. The summed E-state index contributed by atoms with van der Waals surface area (Å²) in [5, 5.41) is 8.49. The van der Waals surface area contributed by atoms with E-state index >= 15 is 0 Å². The van der Waals surface area contributed by atoms with Crippen LogP contribution < -0.4 is 6.15 Å². The normalized spacial score (nSPS) is 13.2. The van der Waals surface area contributed by atoms with E-state index in [1.165, 1.54) is 0 Å². The highest BCUT2D eigenvalue weighted by molar-refractivity contribution is 5.87. The number of rotatable bonds is 6. The maximum atomic E-state index is 11.2. The molecule has 0 rings (SSSR count). The molecule has 0 spiro atoms. The molecule has 16 heavy (non-hydrogen) atoms. The second kappa shape index (κ2) is 7.87. The summed E-state index contributed by atoms with van der Waals surface area (Å²) in [7, 11) is 0. The Labute approximate surface area is 96.1 Å². The van der Waals surface area contributed by atoms with Crippen molar-refractivity contribution < 1.29 is 19.4 Å². The maximum Gasteiger partial charge on any atom is 0.333 e. The van der Waals surface area contributed by atoms with Gasteiger partial charge in [0, 0.05) is 12.0 Å². The standard InChI is InChI=1S/C11H18O4.H3N/c1-7(2)11(14)15-9(4)8(3)5-6-10(12)13;/h8-9H,1,5-6H2,2-4H3,(H,12,13);1H3. The van der Waals surface area contributed by atoms with Gasteiger partial charge < -0.3 is 16.0 Å². The average molecular weight is 231 g/mol. The summed E-state index contributed by atoms with van der Waals surface area (Å²) in [4.78, 5) is 21.5. The van der Waals surface area contributed by atoms with E-state index in [0.29, 0.717) is 12.0 Å². The van der Waals surface area contributed by atoms with Gasteiger partial charge in [0.2, 0.25) is 0 Å². The van der Waals surface area contributed by atoms with E-state index in [-0.39, 0.29) is 24.6 Å². The van der Waals surface area contributed by atoms with Crippen molar-refractivity contribution in [3.05, 3.63) is 12.2 Å². The van der Waals surface area contributed by atoms with Crippen molar-refractivity contribution >= 4 is 11.9 Å². The van der Waals surface area contributed by atoms with Gasteiger partial charge >= 0.3 is 11.9 Å². The fourth-order valence-corrected chi connectivity index (χ4v) is 0.971. The van der Waals surface area contributed by atoms with E-state index in [2.05, 4.69) is 6.58 Å². The molecule has 0 aliphatic rings. The smallest absolute Gasteiger partial charge is 0.333 e. The Morgan fingerprint density at radius 3 is 2.25 bits per heavy atom. The van der Waals surface area contributed by atoms with Crippen LogP contribution in [0.15, 0.2) is 12.2 Å². The van der Waals surface area contributed by atoms with E-state index in [9.17, 15) is 9.59 Å². The first kappa shape index (κ1) is 17.0. The van der Waals surface area contributed by atoms with Crippen LogP contribution in [0.3, 0.4) is 0 Å². The summed E-state index contributed by atoms with van der Waals surface area (Å²) >= 11 is 0. The Morgan fingerprint density at radius 1 is 1.38 bits per heavy atom. The van der Waals surface area contributed by atoms with Crippen LogP contribution in [-0.4, -0.2) is 23.1 Å². The molecule has 0 aliphatic heterocycles. The van der Waals surface area contributed by atoms with E-state index in [0.717, 1.165) is 0 Å². The zero-order valence-electron chi connectivity index (χ0n) is 10.2. The van der Waals surface area contributed by atoms with Gasteiger partial charge in [-0.3, -0.25) is 4.79 Å². The average Bonchev–Trinajstić information content (AvgIpc) is 2.13. The Hall–Kier alpha value is -1.36. The molecule has 2 atom stereocenters. The van der Waals surface area contributed by atoms with Crippen molar-refractivity contribution in [3.8, 4) is 0 Å². The zero-order valence-corrected chi connectivity index (χ0v) is 10.2. The van der Waals surface area contributed by atoms with Gasteiger partial charge in [-0.25, -0.2) is 4.79 Å². The lowest BCUT2D eigenvalue weighted by atomic mass is 10.00. The van der Waals surface area contributed by atoms with Crippen LogP contribution in [0.25, 0.3) is 0 Å². The highest BCUT2D eigenvalue weighted by atomic mass is 16.5. The minimum absolute atomic E-state index is 0. The molecule has 94 valence electrons. The van der Waals surface area contributed by atoms with E-state index in [4.69, 9.17) is 9.84 Å². The van der Waals surface area contributed by atoms with Gasteiger partial charge in [-0.1, -0.05) is 13.5 Å². The first-order valence-electron chi connectivity index (χ1n) is 4.93. The molecule has 0 aromatic heterocycles. The van der Waals surface area contributed by atoms with Gasteiger partial charge in [0.1, 0.15) is 6.10 Å². The molecular formula is C11H21NO4. The lowest BCUT2D eigenvalue weighted by molar-refractivity contribution is -0.145. The number of hydrogen-bond acceptors (Lipinski definition) is 4. The van der Waals surface area contributed by atoms with Gasteiger partial charge in [-0.2, -0.15) is 0 Å². The Balaban J connectivity index is 0. The molecule has 0 bridgehead atoms. The van der Waals surface area contributed by atoms with Crippen LogP contribution in [0.2, 0.25) is 0 Å². The van der Waals surface area contributed by atoms with Crippen molar-refractivity contribution in [2.75, 3.05) is 0 Å². The number of carbonyl (C=O) groups is 2. The molecule has 5 nitrogen and oxygen atoms in total. The monoisotopic (exact) mass is 231 g/mol. The fourth-order valence-electron chi connectivity index (χ4n) is 0.971. The molecule has 0 aromatic rings. The van der Waals surface area contributed by atoms with Crippen LogP contribution in [-0.2, 0) is 14.3 Å². The van der Waals surface area contributed by atoms with E-state index < -0.39 is 11.9 Å². The largest absolute Gasteiger partial charge is 0.481 e. The van der Waals surface area contributed by atoms with Crippen molar-refractivity contribution in [2.24, 2.45) is 5.92 Å². The van der Waals surface area contributed by atoms with Crippen LogP contribution in [0.5, 0.6) is 0 Å².